The maximum absolute atomic E-state index is 11.6. The SMILES string of the molecule is Cc1cc(N)ccc1NC(=O)CSCCCO. The fraction of sp³-hybridized carbons (Fsp3) is 0.417. The number of nitrogen functional groups attached to an aromatic ring is 1. The van der Waals surface area contributed by atoms with Crippen LogP contribution in [0.25, 0.3) is 0 Å². The Bertz CT molecular complexity index is 383. The highest BCUT2D eigenvalue weighted by Gasteiger charge is 2.04. The van der Waals surface area contributed by atoms with E-state index < -0.39 is 0 Å². The molecule has 94 valence electrons. The number of hydrogen-bond acceptors (Lipinski definition) is 4. The summed E-state index contributed by atoms with van der Waals surface area (Å²) in [6.45, 7) is 2.08. The lowest BCUT2D eigenvalue weighted by atomic mass is 10.2. The zero-order valence-electron chi connectivity index (χ0n) is 9.90. The summed E-state index contributed by atoms with van der Waals surface area (Å²) in [6.07, 6.45) is 0.721. The molecule has 0 aromatic heterocycles. The van der Waals surface area contributed by atoms with Crippen LogP contribution in [0.5, 0.6) is 0 Å². The van der Waals surface area contributed by atoms with E-state index in [-0.39, 0.29) is 12.5 Å². The van der Waals surface area contributed by atoms with Gasteiger partial charge in [0, 0.05) is 18.0 Å². The quantitative estimate of drug-likeness (QED) is 0.533. The summed E-state index contributed by atoms with van der Waals surface area (Å²) in [5.74, 6) is 1.18. The number of aliphatic hydroxyl groups excluding tert-OH is 1. The molecule has 1 aromatic carbocycles. The number of carbonyl (C=O) groups is 1. The van der Waals surface area contributed by atoms with Crippen LogP contribution in [0, 0.1) is 6.92 Å². The third-order valence-corrected chi connectivity index (χ3v) is 3.25. The molecular formula is C12H18N2O2S. The van der Waals surface area contributed by atoms with E-state index in [0.29, 0.717) is 11.4 Å². The molecule has 4 N–H and O–H groups in total. The van der Waals surface area contributed by atoms with Gasteiger partial charge in [0.15, 0.2) is 0 Å². The van der Waals surface area contributed by atoms with Crippen molar-refractivity contribution in [1.82, 2.24) is 0 Å². The first-order valence-corrected chi connectivity index (χ1v) is 6.63. The average molecular weight is 254 g/mol. The van der Waals surface area contributed by atoms with Crippen molar-refractivity contribution in [2.45, 2.75) is 13.3 Å². The van der Waals surface area contributed by atoms with Crippen molar-refractivity contribution < 1.29 is 9.90 Å². The van der Waals surface area contributed by atoms with E-state index in [0.717, 1.165) is 23.4 Å². The minimum atomic E-state index is -0.0270. The highest BCUT2D eigenvalue weighted by molar-refractivity contribution is 7.99. The second kappa shape index (κ2) is 7.19. The Morgan fingerprint density at radius 2 is 2.29 bits per heavy atom. The summed E-state index contributed by atoms with van der Waals surface area (Å²) in [5, 5.41) is 11.4. The zero-order valence-corrected chi connectivity index (χ0v) is 10.7. The van der Waals surface area contributed by atoms with Crippen LogP contribution in [0.4, 0.5) is 11.4 Å². The van der Waals surface area contributed by atoms with Gasteiger partial charge in [-0.2, -0.15) is 11.8 Å². The fourth-order valence-corrected chi connectivity index (χ4v) is 2.08. The molecule has 0 unspecified atom stereocenters. The molecule has 0 fully saturated rings. The van der Waals surface area contributed by atoms with Gasteiger partial charge < -0.3 is 16.2 Å². The van der Waals surface area contributed by atoms with Crippen LogP contribution in [0.15, 0.2) is 18.2 Å². The molecule has 0 bridgehead atoms. The summed E-state index contributed by atoms with van der Waals surface area (Å²) in [5.41, 5.74) is 8.08. The van der Waals surface area contributed by atoms with Crippen molar-refractivity contribution in [3.05, 3.63) is 23.8 Å². The summed E-state index contributed by atoms with van der Waals surface area (Å²) in [6, 6.07) is 5.40. The summed E-state index contributed by atoms with van der Waals surface area (Å²) in [4.78, 5) is 11.6. The van der Waals surface area contributed by atoms with Gasteiger partial charge in [0.2, 0.25) is 5.91 Å². The smallest absolute Gasteiger partial charge is 0.234 e. The molecule has 0 saturated heterocycles. The lowest BCUT2D eigenvalue weighted by molar-refractivity contribution is -0.113. The van der Waals surface area contributed by atoms with Gasteiger partial charge in [0.05, 0.1) is 5.75 Å². The number of hydrogen-bond donors (Lipinski definition) is 3. The van der Waals surface area contributed by atoms with Crippen molar-refractivity contribution in [3.63, 3.8) is 0 Å². The van der Waals surface area contributed by atoms with Gasteiger partial charge in [-0.05, 0) is 42.9 Å². The molecule has 1 aromatic rings. The Kier molecular flexibility index (Phi) is 5.86. The molecule has 17 heavy (non-hydrogen) atoms. The van der Waals surface area contributed by atoms with E-state index in [9.17, 15) is 4.79 Å². The van der Waals surface area contributed by atoms with Crippen molar-refractivity contribution in [2.75, 3.05) is 29.2 Å². The number of rotatable bonds is 6. The lowest BCUT2D eigenvalue weighted by Crippen LogP contribution is -2.15. The Labute approximate surface area is 106 Å². The number of nitrogens with two attached hydrogens (primary N) is 1. The molecular weight excluding hydrogens is 236 g/mol. The van der Waals surface area contributed by atoms with Gasteiger partial charge in [-0.1, -0.05) is 0 Å². The molecule has 0 atom stereocenters. The summed E-state index contributed by atoms with van der Waals surface area (Å²) >= 11 is 1.52. The van der Waals surface area contributed by atoms with Crippen molar-refractivity contribution in [2.24, 2.45) is 0 Å². The van der Waals surface area contributed by atoms with E-state index in [1.54, 1.807) is 12.1 Å². The third-order valence-electron chi connectivity index (χ3n) is 2.20. The highest BCUT2D eigenvalue weighted by atomic mass is 32.2. The second-order valence-corrected chi connectivity index (χ2v) is 4.86. The predicted octanol–water partition coefficient (Wildman–Crippen LogP) is 1.63. The van der Waals surface area contributed by atoms with Gasteiger partial charge in [-0.25, -0.2) is 0 Å². The number of anilines is 2. The molecule has 0 heterocycles. The highest BCUT2D eigenvalue weighted by Crippen LogP contribution is 2.17. The van der Waals surface area contributed by atoms with Gasteiger partial charge in [0.25, 0.3) is 0 Å². The van der Waals surface area contributed by atoms with Gasteiger partial charge in [-0.15, -0.1) is 0 Å². The number of carbonyl (C=O) groups excluding carboxylic acids is 1. The molecule has 5 heteroatoms. The molecule has 1 rings (SSSR count). The molecule has 0 radical (unpaired) electrons. The molecule has 0 spiro atoms. The Hall–Kier alpha value is -1.20. The van der Waals surface area contributed by atoms with Crippen LogP contribution in [0.1, 0.15) is 12.0 Å². The zero-order chi connectivity index (χ0) is 12.7. The van der Waals surface area contributed by atoms with Crippen LogP contribution in [0.2, 0.25) is 0 Å². The van der Waals surface area contributed by atoms with E-state index >= 15 is 0 Å². The Morgan fingerprint density at radius 3 is 2.94 bits per heavy atom. The van der Waals surface area contributed by atoms with Gasteiger partial charge >= 0.3 is 0 Å². The first-order valence-electron chi connectivity index (χ1n) is 5.48. The fourth-order valence-electron chi connectivity index (χ4n) is 1.34. The third kappa shape index (κ3) is 5.10. The Morgan fingerprint density at radius 1 is 1.53 bits per heavy atom. The molecule has 0 aliphatic rings. The van der Waals surface area contributed by atoms with E-state index in [1.807, 2.05) is 13.0 Å². The number of aryl methyl sites for hydroxylation is 1. The van der Waals surface area contributed by atoms with E-state index in [1.165, 1.54) is 11.8 Å². The standard InChI is InChI=1S/C12H18N2O2S/c1-9-7-10(13)3-4-11(9)14-12(16)8-17-6-2-5-15/h3-4,7,15H,2,5-6,8,13H2,1H3,(H,14,16). The largest absolute Gasteiger partial charge is 0.399 e. The molecule has 1 amide bonds. The minimum Gasteiger partial charge on any atom is -0.399 e. The maximum atomic E-state index is 11.6. The number of amides is 1. The normalized spacial score (nSPS) is 10.2. The molecule has 0 saturated carbocycles. The van der Waals surface area contributed by atoms with Crippen LogP contribution in [-0.4, -0.2) is 29.1 Å². The maximum Gasteiger partial charge on any atom is 0.234 e. The van der Waals surface area contributed by atoms with Gasteiger partial charge in [0.1, 0.15) is 0 Å². The van der Waals surface area contributed by atoms with Crippen LogP contribution >= 0.6 is 11.8 Å². The van der Waals surface area contributed by atoms with Crippen LogP contribution in [0.3, 0.4) is 0 Å². The number of benzene rings is 1. The van der Waals surface area contributed by atoms with Crippen molar-refractivity contribution in [3.8, 4) is 0 Å². The topological polar surface area (TPSA) is 75.3 Å². The van der Waals surface area contributed by atoms with Crippen LogP contribution < -0.4 is 11.1 Å². The number of thioether (sulfide) groups is 1. The predicted molar refractivity (Wildman–Crippen MR) is 73.2 cm³/mol. The lowest BCUT2D eigenvalue weighted by Gasteiger charge is -2.08. The van der Waals surface area contributed by atoms with Crippen molar-refractivity contribution >= 4 is 29.0 Å². The minimum absolute atomic E-state index is 0.0270. The van der Waals surface area contributed by atoms with Crippen molar-refractivity contribution in [1.29, 1.82) is 0 Å². The number of aliphatic hydroxyl groups is 1. The van der Waals surface area contributed by atoms with Crippen LogP contribution in [-0.2, 0) is 4.79 Å². The van der Waals surface area contributed by atoms with E-state index in [4.69, 9.17) is 10.8 Å². The molecule has 4 nitrogen and oxygen atoms in total. The first-order chi connectivity index (χ1) is 8.13. The second-order valence-electron chi connectivity index (χ2n) is 3.75. The summed E-state index contributed by atoms with van der Waals surface area (Å²) in [7, 11) is 0. The first kappa shape index (κ1) is 13.9. The molecule has 0 aliphatic carbocycles. The average Bonchev–Trinajstić information content (AvgIpc) is 2.28. The Balaban J connectivity index is 2.40. The number of nitrogens with one attached hydrogen (secondary N) is 1. The summed E-state index contributed by atoms with van der Waals surface area (Å²) < 4.78 is 0. The monoisotopic (exact) mass is 254 g/mol. The van der Waals surface area contributed by atoms with Gasteiger partial charge in [-0.3, -0.25) is 4.79 Å². The van der Waals surface area contributed by atoms with E-state index in [2.05, 4.69) is 5.32 Å². The molecule has 0 aliphatic heterocycles.